The van der Waals surface area contributed by atoms with E-state index in [-0.39, 0.29) is 5.04 Å². The first kappa shape index (κ1) is 22.2. The van der Waals surface area contributed by atoms with Gasteiger partial charge in [0.05, 0.1) is 6.26 Å². The number of carbonyl (C=O) groups is 1. The van der Waals surface area contributed by atoms with Crippen molar-refractivity contribution < 1.29 is 18.7 Å². The summed E-state index contributed by atoms with van der Waals surface area (Å²) in [5, 5.41) is 2.33. The zero-order valence-electron chi connectivity index (χ0n) is 17.9. The average molecular weight is 423 g/mol. The van der Waals surface area contributed by atoms with Crippen molar-refractivity contribution in [1.29, 1.82) is 0 Å². The van der Waals surface area contributed by atoms with Gasteiger partial charge in [-0.15, -0.1) is 0 Å². The number of benzene rings is 2. The highest BCUT2D eigenvalue weighted by molar-refractivity contribution is 6.99. The molecule has 0 aromatic heterocycles. The predicted molar refractivity (Wildman–Crippen MR) is 122 cm³/mol. The molecule has 2 aromatic carbocycles. The van der Waals surface area contributed by atoms with E-state index in [4.69, 9.17) is 13.9 Å². The van der Waals surface area contributed by atoms with E-state index in [0.717, 1.165) is 6.29 Å². The molecule has 0 spiro atoms. The summed E-state index contributed by atoms with van der Waals surface area (Å²) in [6.07, 6.45) is 7.11. The van der Waals surface area contributed by atoms with Gasteiger partial charge in [-0.3, -0.25) is 0 Å². The number of hydrogen-bond donors (Lipinski definition) is 0. The van der Waals surface area contributed by atoms with Gasteiger partial charge < -0.3 is 18.7 Å². The molecule has 0 saturated carbocycles. The van der Waals surface area contributed by atoms with Crippen molar-refractivity contribution in [1.82, 2.24) is 0 Å². The Morgan fingerprint density at radius 3 is 2.07 bits per heavy atom. The first-order chi connectivity index (χ1) is 14.5. The van der Waals surface area contributed by atoms with Gasteiger partial charge in [-0.25, -0.2) is 0 Å². The summed E-state index contributed by atoms with van der Waals surface area (Å²) in [5.41, 5.74) is 0. The largest absolute Gasteiger partial charge is 0.469 e. The predicted octanol–water partition coefficient (Wildman–Crippen LogP) is 3.96. The molecule has 5 heteroatoms. The van der Waals surface area contributed by atoms with E-state index in [9.17, 15) is 4.79 Å². The van der Waals surface area contributed by atoms with Crippen LogP contribution in [0.15, 0.2) is 85.2 Å². The van der Waals surface area contributed by atoms with E-state index < -0.39 is 20.7 Å². The Balaban J connectivity index is 1.83. The van der Waals surface area contributed by atoms with E-state index >= 15 is 0 Å². The van der Waals surface area contributed by atoms with E-state index in [1.807, 2.05) is 18.2 Å². The van der Waals surface area contributed by atoms with Gasteiger partial charge in [0.1, 0.15) is 12.4 Å². The number of aldehydes is 1. The molecule has 1 aliphatic rings. The van der Waals surface area contributed by atoms with Crippen molar-refractivity contribution in [3.05, 3.63) is 85.2 Å². The minimum atomic E-state index is -2.61. The quantitative estimate of drug-likeness (QED) is 0.453. The molecular weight excluding hydrogens is 392 g/mol. The maximum atomic E-state index is 11.6. The van der Waals surface area contributed by atoms with Crippen LogP contribution in [0.5, 0.6) is 0 Å². The monoisotopic (exact) mass is 422 g/mol. The Labute approximate surface area is 180 Å². The van der Waals surface area contributed by atoms with Gasteiger partial charge in [0, 0.05) is 13.0 Å². The second kappa shape index (κ2) is 10.0. The van der Waals surface area contributed by atoms with Gasteiger partial charge in [0.15, 0.2) is 0 Å². The van der Waals surface area contributed by atoms with Crippen molar-refractivity contribution in [2.24, 2.45) is 0 Å². The third-order valence-corrected chi connectivity index (χ3v) is 10.3. The van der Waals surface area contributed by atoms with Crippen molar-refractivity contribution in [3.8, 4) is 0 Å². The summed E-state index contributed by atoms with van der Waals surface area (Å²) in [6.45, 7) is 7.13. The molecule has 2 aromatic rings. The number of allylic oxidation sites excluding steroid dienone is 2. The van der Waals surface area contributed by atoms with Gasteiger partial charge in [-0.2, -0.15) is 0 Å². The number of ether oxygens (including phenoxy) is 2. The standard InChI is InChI=1S/C25H30O4Si/c1-25(2,3)30(22-12-6-4-7-13-22,23-14-8-5-9-15-23)28-19-17-21(20-26)29-24-16-10-11-18-27-24/h4-16,18,20-21,24H,17,19H2,1-3H3/t21-,24+/m0/s1. The first-order valence-corrected chi connectivity index (χ1v) is 12.2. The fourth-order valence-electron chi connectivity index (χ4n) is 3.88. The lowest BCUT2D eigenvalue weighted by atomic mass is 10.2. The summed E-state index contributed by atoms with van der Waals surface area (Å²) in [4.78, 5) is 11.6. The Kier molecular flexibility index (Phi) is 7.42. The van der Waals surface area contributed by atoms with E-state index in [1.165, 1.54) is 10.4 Å². The molecule has 3 rings (SSSR count). The summed E-state index contributed by atoms with van der Waals surface area (Å²) >= 11 is 0. The van der Waals surface area contributed by atoms with Gasteiger partial charge in [0.2, 0.25) is 6.29 Å². The maximum absolute atomic E-state index is 11.6. The lowest BCUT2D eigenvalue weighted by Crippen LogP contribution is -2.66. The fraction of sp³-hybridized carbons (Fsp3) is 0.320. The molecule has 0 radical (unpaired) electrons. The third-order valence-electron chi connectivity index (χ3n) is 5.27. The van der Waals surface area contributed by atoms with E-state index in [0.29, 0.717) is 13.0 Å². The number of rotatable bonds is 9. The second-order valence-electron chi connectivity index (χ2n) is 8.33. The molecule has 1 aliphatic heterocycles. The van der Waals surface area contributed by atoms with Crippen molar-refractivity contribution in [2.75, 3.05) is 6.61 Å². The third kappa shape index (κ3) is 4.98. The lowest BCUT2D eigenvalue weighted by molar-refractivity contribution is -0.140. The van der Waals surface area contributed by atoms with E-state index in [1.54, 1.807) is 18.4 Å². The van der Waals surface area contributed by atoms with Crippen LogP contribution in [0.4, 0.5) is 0 Å². The number of hydrogen-bond acceptors (Lipinski definition) is 4. The van der Waals surface area contributed by atoms with Gasteiger partial charge in [-0.05, 0) is 27.6 Å². The Bertz CT molecular complexity index is 816. The minimum Gasteiger partial charge on any atom is -0.469 e. The Hall–Kier alpha value is -2.47. The molecule has 0 unspecified atom stereocenters. The highest BCUT2D eigenvalue weighted by Crippen LogP contribution is 2.36. The fourth-order valence-corrected chi connectivity index (χ4v) is 8.46. The summed E-state index contributed by atoms with van der Waals surface area (Å²) in [7, 11) is -2.61. The molecule has 158 valence electrons. The molecular formula is C25H30O4Si. The first-order valence-electron chi connectivity index (χ1n) is 10.3. The van der Waals surface area contributed by atoms with Gasteiger partial charge >= 0.3 is 0 Å². The van der Waals surface area contributed by atoms with Gasteiger partial charge in [-0.1, -0.05) is 87.5 Å². The minimum absolute atomic E-state index is 0.104. The van der Waals surface area contributed by atoms with Crippen LogP contribution >= 0.6 is 0 Å². The number of carbonyl (C=O) groups excluding carboxylic acids is 1. The molecule has 0 amide bonds. The van der Waals surface area contributed by atoms with Crippen LogP contribution in [-0.2, 0) is 18.7 Å². The average Bonchev–Trinajstić information content (AvgIpc) is 2.77. The highest BCUT2D eigenvalue weighted by Gasteiger charge is 2.50. The molecule has 0 fully saturated rings. The summed E-state index contributed by atoms with van der Waals surface area (Å²) < 4.78 is 17.9. The van der Waals surface area contributed by atoms with Crippen molar-refractivity contribution in [3.63, 3.8) is 0 Å². The smallest absolute Gasteiger partial charge is 0.261 e. The van der Waals surface area contributed by atoms with Crippen LogP contribution < -0.4 is 10.4 Å². The van der Waals surface area contributed by atoms with Crippen molar-refractivity contribution in [2.45, 2.75) is 44.6 Å². The van der Waals surface area contributed by atoms with E-state index in [2.05, 4.69) is 69.3 Å². The van der Waals surface area contributed by atoms with Crippen LogP contribution in [0.1, 0.15) is 27.2 Å². The molecule has 0 aliphatic carbocycles. The van der Waals surface area contributed by atoms with Gasteiger partial charge in [0.25, 0.3) is 8.32 Å². The Morgan fingerprint density at radius 1 is 1.00 bits per heavy atom. The summed E-state index contributed by atoms with van der Waals surface area (Å²) in [6, 6.07) is 20.9. The van der Waals surface area contributed by atoms with Crippen LogP contribution in [0.3, 0.4) is 0 Å². The zero-order valence-corrected chi connectivity index (χ0v) is 18.9. The molecule has 30 heavy (non-hydrogen) atoms. The Morgan fingerprint density at radius 2 is 1.60 bits per heavy atom. The molecule has 1 heterocycles. The maximum Gasteiger partial charge on any atom is 0.261 e. The normalized spacial score (nSPS) is 17.4. The molecule has 0 saturated heterocycles. The SMILES string of the molecule is CC(C)(C)[Si](OCC[C@@H](C=O)O[C@@H]1C=CC=CO1)(c1ccccc1)c1ccccc1. The second-order valence-corrected chi connectivity index (χ2v) is 12.6. The topological polar surface area (TPSA) is 44.8 Å². The zero-order chi connectivity index (χ0) is 21.5. The van der Waals surface area contributed by atoms with Crippen LogP contribution in [0.25, 0.3) is 0 Å². The van der Waals surface area contributed by atoms with Crippen LogP contribution in [0, 0.1) is 0 Å². The highest BCUT2D eigenvalue weighted by atomic mass is 28.4. The molecule has 0 bridgehead atoms. The van der Waals surface area contributed by atoms with Crippen LogP contribution in [-0.4, -0.2) is 33.6 Å². The van der Waals surface area contributed by atoms with Crippen molar-refractivity contribution >= 4 is 25.0 Å². The molecule has 2 atom stereocenters. The molecule has 0 N–H and O–H groups in total. The molecule has 4 nitrogen and oxygen atoms in total. The van der Waals surface area contributed by atoms with Crippen LogP contribution in [0.2, 0.25) is 5.04 Å². The lowest BCUT2D eigenvalue weighted by Gasteiger charge is -2.43. The summed E-state index contributed by atoms with van der Waals surface area (Å²) in [5.74, 6) is 0.